The van der Waals surface area contributed by atoms with Crippen LogP contribution in [0.3, 0.4) is 0 Å². The Kier molecular flexibility index (Phi) is 6.73. The van der Waals surface area contributed by atoms with Crippen LogP contribution in [0.1, 0.15) is 39.4 Å². The molecule has 0 radical (unpaired) electrons. The number of furan rings is 1. The van der Waals surface area contributed by atoms with E-state index >= 15 is 0 Å². The Hall–Kier alpha value is -2.18. The minimum atomic E-state index is -0.491. The highest BCUT2D eigenvalue weighted by Gasteiger charge is 2.33. The molecule has 0 spiro atoms. The third kappa shape index (κ3) is 7.49. The lowest BCUT2D eigenvalue weighted by Gasteiger charge is -2.24. The first-order valence-electron chi connectivity index (χ1n) is 8.84. The molecule has 2 rings (SSSR count). The molecule has 0 bridgehead atoms. The summed E-state index contributed by atoms with van der Waals surface area (Å²) in [4.78, 5) is 16.2. The van der Waals surface area contributed by atoms with Crippen molar-refractivity contribution in [2.24, 2.45) is 10.9 Å². The fourth-order valence-electron chi connectivity index (χ4n) is 2.48. The molecule has 1 aromatic heterocycles. The van der Waals surface area contributed by atoms with Gasteiger partial charge in [0.1, 0.15) is 11.4 Å². The summed E-state index contributed by atoms with van der Waals surface area (Å²) < 4.78 is 10.7. The van der Waals surface area contributed by atoms with Gasteiger partial charge < -0.3 is 25.1 Å². The molecule has 7 heteroatoms. The number of amides is 1. The van der Waals surface area contributed by atoms with Crippen molar-refractivity contribution in [2.45, 2.75) is 51.7 Å². The van der Waals surface area contributed by atoms with Crippen LogP contribution < -0.4 is 16.0 Å². The third-order valence-corrected chi connectivity index (χ3v) is 3.85. The van der Waals surface area contributed by atoms with Gasteiger partial charge in [0, 0.05) is 26.6 Å². The molecule has 0 aliphatic heterocycles. The van der Waals surface area contributed by atoms with Crippen molar-refractivity contribution >= 4 is 12.1 Å². The van der Waals surface area contributed by atoms with Crippen LogP contribution in [0, 0.1) is 5.92 Å². The molecule has 1 atom stereocenters. The van der Waals surface area contributed by atoms with Gasteiger partial charge in [0.15, 0.2) is 5.96 Å². The third-order valence-electron chi connectivity index (χ3n) is 3.85. The number of aliphatic imine (C=N–C) groups is 1. The molecule has 3 N–H and O–H groups in total. The molecule has 140 valence electrons. The van der Waals surface area contributed by atoms with Crippen LogP contribution in [0.5, 0.6) is 0 Å². The molecule has 0 aromatic carbocycles. The summed E-state index contributed by atoms with van der Waals surface area (Å²) in [6.45, 7) is 6.93. The maximum absolute atomic E-state index is 12.0. The van der Waals surface area contributed by atoms with Crippen LogP contribution in [0.25, 0.3) is 0 Å². The molecule has 1 aromatic rings. The normalized spacial score (nSPS) is 16.2. The SMILES string of the molecule is CN=C(NCCc1ccco1)NCC(NC(=O)OC(C)(C)C)C1CC1. The quantitative estimate of drug-likeness (QED) is 0.519. The Morgan fingerprint density at radius 2 is 2.16 bits per heavy atom. The summed E-state index contributed by atoms with van der Waals surface area (Å²) in [5.74, 6) is 2.15. The highest BCUT2D eigenvalue weighted by atomic mass is 16.6. The summed E-state index contributed by atoms with van der Waals surface area (Å²) in [6.07, 6.45) is 4.35. The van der Waals surface area contributed by atoms with Crippen molar-refractivity contribution in [2.75, 3.05) is 20.1 Å². The Bertz CT molecular complexity index is 559. The maximum Gasteiger partial charge on any atom is 0.407 e. The van der Waals surface area contributed by atoms with Crippen molar-refractivity contribution in [1.82, 2.24) is 16.0 Å². The average molecular weight is 350 g/mol. The Labute approximate surface area is 149 Å². The van der Waals surface area contributed by atoms with E-state index in [9.17, 15) is 4.79 Å². The summed E-state index contributed by atoms with van der Waals surface area (Å²) in [5, 5.41) is 9.50. The lowest BCUT2D eigenvalue weighted by Crippen LogP contribution is -2.49. The van der Waals surface area contributed by atoms with Gasteiger partial charge in [-0.3, -0.25) is 4.99 Å². The molecule has 1 unspecified atom stereocenters. The van der Waals surface area contributed by atoms with E-state index in [2.05, 4.69) is 20.9 Å². The first-order valence-corrected chi connectivity index (χ1v) is 8.84. The van der Waals surface area contributed by atoms with Gasteiger partial charge >= 0.3 is 6.09 Å². The zero-order valence-corrected chi connectivity index (χ0v) is 15.6. The number of hydrogen-bond donors (Lipinski definition) is 3. The van der Waals surface area contributed by atoms with E-state index in [1.54, 1.807) is 13.3 Å². The fourth-order valence-corrected chi connectivity index (χ4v) is 2.48. The maximum atomic E-state index is 12.0. The van der Waals surface area contributed by atoms with E-state index < -0.39 is 5.60 Å². The number of guanidine groups is 1. The first-order chi connectivity index (χ1) is 11.9. The number of ether oxygens (including phenoxy) is 1. The molecule has 1 aliphatic carbocycles. The second-order valence-electron chi connectivity index (χ2n) is 7.30. The summed E-state index contributed by atoms with van der Waals surface area (Å²) in [5.41, 5.74) is -0.491. The van der Waals surface area contributed by atoms with Crippen molar-refractivity contribution in [1.29, 1.82) is 0 Å². The van der Waals surface area contributed by atoms with Crippen LogP contribution in [0.2, 0.25) is 0 Å². The van der Waals surface area contributed by atoms with Crippen molar-refractivity contribution in [3.8, 4) is 0 Å². The highest BCUT2D eigenvalue weighted by Crippen LogP contribution is 2.32. The van der Waals surface area contributed by atoms with E-state index in [1.807, 2.05) is 32.9 Å². The topological polar surface area (TPSA) is 87.9 Å². The Balaban J connectivity index is 1.74. The van der Waals surface area contributed by atoms with E-state index in [0.717, 1.165) is 31.6 Å². The summed E-state index contributed by atoms with van der Waals surface area (Å²) >= 11 is 0. The number of alkyl carbamates (subject to hydrolysis) is 1. The molecule has 1 fully saturated rings. The zero-order chi connectivity index (χ0) is 18.3. The predicted molar refractivity (Wildman–Crippen MR) is 97.7 cm³/mol. The number of hydrogen-bond acceptors (Lipinski definition) is 4. The van der Waals surface area contributed by atoms with Gasteiger partial charge in [-0.05, 0) is 51.7 Å². The number of nitrogens with one attached hydrogen (secondary N) is 3. The fraction of sp³-hybridized carbons (Fsp3) is 0.667. The van der Waals surface area contributed by atoms with Crippen LogP contribution in [0.4, 0.5) is 4.79 Å². The molecule has 0 saturated heterocycles. The van der Waals surface area contributed by atoms with Gasteiger partial charge in [0.25, 0.3) is 0 Å². The van der Waals surface area contributed by atoms with E-state index in [-0.39, 0.29) is 12.1 Å². The van der Waals surface area contributed by atoms with Crippen molar-refractivity contribution < 1.29 is 13.9 Å². The zero-order valence-electron chi connectivity index (χ0n) is 15.6. The van der Waals surface area contributed by atoms with Gasteiger partial charge in [0.05, 0.1) is 12.3 Å². The Morgan fingerprint density at radius 1 is 1.40 bits per heavy atom. The molecule has 1 heterocycles. The molecule has 25 heavy (non-hydrogen) atoms. The van der Waals surface area contributed by atoms with Gasteiger partial charge in [0.2, 0.25) is 0 Å². The van der Waals surface area contributed by atoms with Crippen molar-refractivity contribution in [3.05, 3.63) is 24.2 Å². The monoisotopic (exact) mass is 350 g/mol. The molecule has 1 amide bonds. The second-order valence-corrected chi connectivity index (χ2v) is 7.30. The molecular weight excluding hydrogens is 320 g/mol. The molecular formula is C18H30N4O3. The lowest BCUT2D eigenvalue weighted by atomic mass is 10.2. The van der Waals surface area contributed by atoms with E-state index in [1.165, 1.54) is 0 Å². The van der Waals surface area contributed by atoms with Crippen LogP contribution in [-0.2, 0) is 11.2 Å². The lowest BCUT2D eigenvalue weighted by molar-refractivity contribution is 0.0498. The van der Waals surface area contributed by atoms with Gasteiger partial charge in [-0.2, -0.15) is 0 Å². The van der Waals surface area contributed by atoms with Crippen LogP contribution in [-0.4, -0.2) is 43.8 Å². The largest absolute Gasteiger partial charge is 0.469 e. The predicted octanol–water partition coefficient (Wildman–Crippen LogP) is 2.29. The van der Waals surface area contributed by atoms with E-state index in [0.29, 0.717) is 18.4 Å². The molecule has 1 aliphatic rings. The number of carbonyl (C=O) groups is 1. The average Bonchev–Trinajstić information content (AvgIpc) is 3.24. The standard InChI is InChI=1S/C18H30N4O3/c1-18(2,3)25-17(23)22-15(13-7-8-13)12-21-16(19-4)20-10-9-14-6-5-11-24-14/h5-6,11,13,15H,7-10,12H2,1-4H3,(H,22,23)(H2,19,20,21). The van der Waals surface area contributed by atoms with Crippen LogP contribution >= 0.6 is 0 Å². The highest BCUT2D eigenvalue weighted by molar-refractivity contribution is 5.79. The smallest absolute Gasteiger partial charge is 0.407 e. The second kappa shape index (κ2) is 8.78. The summed E-state index contributed by atoms with van der Waals surface area (Å²) in [7, 11) is 1.73. The van der Waals surface area contributed by atoms with Gasteiger partial charge in [-0.25, -0.2) is 4.79 Å². The number of rotatable bonds is 7. The molecule has 7 nitrogen and oxygen atoms in total. The summed E-state index contributed by atoms with van der Waals surface area (Å²) in [6, 6.07) is 3.87. The van der Waals surface area contributed by atoms with E-state index in [4.69, 9.17) is 9.15 Å². The minimum Gasteiger partial charge on any atom is -0.469 e. The first kappa shape index (κ1) is 19.1. The van der Waals surface area contributed by atoms with Crippen molar-refractivity contribution in [3.63, 3.8) is 0 Å². The van der Waals surface area contributed by atoms with Crippen LogP contribution in [0.15, 0.2) is 27.8 Å². The molecule has 1 saturated carbocycles. The number of carbonyl (C=O) groups excluding carboxylic acids is 1. The Morgan fingerprint density at radius 3 is 2.72 bits per heavy atom. The minimum absolute atomic E-state index is 0.0403. The van der Waals surface area contributed by atoms with Gasteiger partial charge in [-0.15, -0.1) is 0 Å². The van der Waals surface area contributed by atoms with Gasteiger partial charge in [-0.1, -0.05) is 0 Å². The number of nitrogens with zero attached hydrogens (tertiary/aromatic N) is 1.